The summed E-state index contributed by atoms with van der Waals surface area (Å²) in [6.45, 7) is 5.64. The van der Waals surface area contributed by atoms with Gasteiger partial charge in [0.1, 0.15) is 17.5 Å². The smallest absolute Gasteiger partial charge is 0.324 e. The predicted octanol–water partition coefficient (Wildman–Crippen LogP) is 3.38. The Morgan fingerprint density at radius 1 is 1.13 bits per heavy atom. The van der Waals surface area contributed by atoms with Gasteiger partial charge in [0.05, 0.1) is 23.8 Å². The number of aromatic nitrogens is 3. The fraction of sp³-hybridized carbons (Fsp3) is 0.300. The largest absolute Gasteiger partial charge is 0.352 e. The highest BCUT2D eigenvalue weighted by molar-refractivity contribution is 5.88. The van der Waals surface area contributed by atoms with Crippen LogP contribution in [0.15, 0.2) is 35.1 Å². The Labute approximate surface area is 171 Å². The Morgan fingerprint density at radius 3 is 2.57 bits per heavy atom. The second kappa shape index (κ2) is 8.05. The van der Waals surface area contributed by atoms with Crippen molar-refractivity contribution in [3.8, 4) is 11.3 Å². The van der Waals surface area contributed by atoms with Gasteiger partial charge in [0.2, 0.25) is 5.88 Å². The molecular weight excluding hydrogens is 394 g/mol. The first-order valence-corrected chi connectivity index (χ1v) is 9.43. The number of benzene rings is 1. The number of carbonyl (C=O) groups is 1. The van der Waals surface area contributed by atoms with Gasteiger partial charge >= 0.3 is 6.03 Å². The molecule has 3 aromatic rings. The monoisotopic (exact) mass is 414 g/mol. The molecule has 1 N–H and O–H groups in total. The van der Waals surface area contributed by atoms with Gasteiger partial charge in [0.25, 0.3) is 0 Å². The van der Waals surface area contributed by atoms with Crippen molar-refractivity contribution in [2.45, 2.75) is 13.8 Å². The van der Waals surface area contributed by atoms with E-state index in [0.717, 1.165) is 17.3 Å². The quantitative estimate of drug-likeness (QED) is 0.707. The van der Waals surface area contributed by atoms with Crippen molar-refractivity contribution in [2.24, 2.45) is 0 Å². The molecule has 1 saturated heterocycles. The number of nitrogens with one attached hydrogen (secondary N) is 1. The molecule has 3 heterocycles. The highest BCUT2D eigenvalue weighted by Crippen LogP contribution is 2.24. The Morgan fingerprint density at radius 2 is 1.90 bits per heavy atom. The molecule has 0 saturated carbocycles. The SMILES string of the molecule is Cc1noc(NC(=O)N2CCN(c3cncc(-c4ccc(F)cc4F)n3)CC2)c1C. The van der Waals surface area contributed by atoms with Crippen LogP contribution in [0.5, 0.6) is 0 Å². The van der Waals surface area contributed by atoms with Gasteiger partial charge in [-0.1, -0.05) is 5.16 Å². The highest BCUT2D eigenvalue weighted by atomic mass is 19.1. The van der Waals surface area contributed by atoms with Crippen LogP contribution in [0.25, 0.3) is 11.3 Å². The maximum absolute atomic E-state index is 14.1. The maximum atomic E-state index is 14.1. The molecule has 8 nitrogen and oxygen atoms in total. The van der Waals surface area contributed by atoms with Crippen molar-refractivity contribution in [2.75, 3.05) is 36.4 Å². The van der Waals surface area contributed by atoms with Gasteiger partial charge in [-0.2, -0.15) is 0 Å². The lowest BCUT2D eigenvalue weighted by Crippen LogP contribution is -2.50. The molecule has 0 atom stereocenters. The summed E-state index contributed by atoms with van der Waals surface area (Å²) in [6, 6.07) is 3.08. The van der Waals surface area contributed by atoms with E-state index in [4.69, 9.17) is 4.52 Å². The van der Waals surface area contributed by atoms with Gasteiger partial charge in [-0.25, -0.2) is 18.6 Å². The maximum Gasteiger partial charge on any atom is 0.324 e. The molecule has 2 aromatic heterocycles. The van der Waals surface area contributed by atoms with E-state index in [1.165, 1.54) is 18.3 Å². The van der Waals surface area contributed by atoms with Crippen LogP contribution in [0.1, 0.15) is 11.3 Å². The number of hydrogen-bond donors (Lipinski definition) is 1. The molecule has 1 aliphatic heterocycles. The van der Waals surface area contributed by atoms with Crippen molar-refractivity contribution in [3.05, 3.63) is 53.5 Å². The lowest BCUT2D eigenvalue weighted by atomic mass is 10.1. The molecule has 10 heteroatoms. The number of nitrogens with zero attached hydrogens (tertiary/aromatic N) is 5. The summed E-state index contributed by atoms with van der Waals surface area (Å²) in [5.41, 5.74) is 2.02. The Hall–Kier alpha value is -3.56. The van der Waals surface area contributed by atoms with E-state index in [2.05, 4.69) is 20.4 Å². The van der Waals surface area contributed by atoms with Crippen LogP contribution in [-0.4, -0.2) is 52.2 Å². The number of piperazine rings is 1. The number of aryl methyl sites for hydroxylation is 1. The van der Waals surface area contributed by atoms with Gasteiger partial charge in [-0.15, -0.1) is 0 Å². The molecule has 156 valence electrons. The zero-order chi connectivity index (χ0) is 21.3. The molecule has 2 amide bonds. The number of rotatable bonds is 3. The molecule has 0 radical (unpaired) electrons. The molecule has 1 fully saturated rings. The van der Waals surface area contributed by atoms with Gasteiger partial charge in [0.15, 0.2) is 0 Å². The molecular formula is C20H20F2N6O2. The van der Waals surface area contributed by atoms with E-state index in [-0.39, 0.29) is 11.6 Å². The van der Waals surface area contributed by atoms with Crippen LogP contribution in [0, 0.1) is 25.5 Å². The van der Waals surface area contributed by atoms with Crippen molar-refractivity contribution < 1.29 is 18.1 Å². The van der Waals surface area contributed by atoms with E-state index >= 15 is 0 Å². The number of carbonyl (C=O) groups excluding carboxylic acids is 1. The molecule has 0 unspecified atom stereocenters. The van der Waals surface area contributed by atoms with Crippen LogP contribution in [0.4, 0.5) is 25.3 Å². The van der Waals surface area contributed by atoms with Crippen molar-refractivity contribution in [3.63, 3.8) is 0 Å². The highest BCUT2D eigenvalue weighted by Gasteiger charge is 2.24. The van der Waals surface area contributed by atoms with Crippen LogP contribution in [0.3, 0.4) is 0 Å². The molecule has 0 spiro atoms. The number of hydrogen-bond acceptors (Lipinski definition) is 6. The minimum absolute atomic E-state index is 0.182. The fourth-order valence-electron chi connectivity index (χ4n) is 3.18. The first kappa shape index (κ1) is 19.7. The third-order valence-electron chi connectivity index (χ3n) is 5.10. The summed E-state index contributed by atoms with van der Waals surface area (Å²) in [5, 5.41) is 6.57. The fourth-order valence-corrected chi connectivity index (χ4v) is 3.18. The number of anilines is 2. The zero-order valence-corrected chi connectivity index (χ0v) is 16.5. The van der Waals surface area contributed by atoms with Crippen LogP contribution < -0.4 is 10.2 Å². The van der Waals surface area contributed by atoms with Crippen molar-refractivity contribution in [1.82, 2.24) is 20.0 Å². The first-order chi connectivity index (χ1) is 14.4. The van der Waals surface area contributed by atoms with E-state index in [9.17, 15) is 13.6 Å². The summed E-state index contributed by atoms with van der Waals surface area (Å²) in [4.78, 5) is 24.7. The first-order valence-electron chi connectivity index (χ1n) is 9.43. The van der Waals surface area contributed by atoms with Gasteiger partial charge < -0.3 is 14.3 Å². The molecule has 1 aliphatic rings. The number of amides is 2. The Bertz CT molecular complexity index is 1080. The van der Waals surface area contributed by atoms with Crippen LogP contribution in [0.2, 0.25) is 0 Å². The van der Waals surface area contributed by atoms with E-state index in [0.29, 0.717) is 43.6 Å². The van der Waals surface area contributed by atoms with E-state index in [1.807, 2.05) is 11.8 Å². The van der Waals surface area contributed by atoms with Gasteiger partial charge in [-0.3, -0.25) is 10.3 Å². The van der Waals surface area contributed by atoms with E-state index in [1.54, 1.807) is 18.0 Å². The number of urea groups is 1. The second-order valence-electron chi connectivity index (χ2n) is 7.01. The lowest BCUT2D eigenvalue weighted by Gasteiger charge is -2.35. The van der Waals surface area contributed by atoms with E-state index < -0.39 is 11.6 Å². The molecule has 4 rings (SSSR count). The summed E-state index contributed by atoms with van der Waals surface area (Å²) >= 11 is 0. The minimum Gasteiger partial charge on any atom is -0.352 e. The van der Waals surface area contributed by atoms with Crippen LogP contribution in [-0.2, 0) is 0 Å². The normalized spacial score (nSPS) is 14.1. The zero-order valence-electron chi connectivity index (χ0n) is 16.5. The Kier molecular flexibility index (Phi) is 5.30. The summed E-state index contributed by atoms with van der Waals surface area (Å²) in [5.74, 6) is -0.427. The second-order valence-corrected chi connectivity index (χ2v) is 7.01. The molecule has 30 heavy (non-hydrogen) atoms. The molecule has 0 aliphatic carbocycles. The standard InChI is InChI=1S/C20H20F2N6O2/c1-12-13(2)26-30-19(12)25-20(29)28-7-5-27(6-8-28)18-11-23-10-17(24-18)15-4-3-14(21)9-16(15)22/h3-4,9-11H,5-8H2,1-2H3,(H,25,29). The predicted molar refractivity (Wildman–Crippen MR) is 106 cm³/mol. The third-order valence-corrected chi connectivity index (χ3v) is 5.10. The summed E-state index contributed by atoms with van der Waals surface area (Å²) < 4.78 is 32.4. The third kappa shape index (κ3) is 3.93. The van der Waals surface area contributed by atoms with Gasteiger partial charge in [0, 0.05) is 43.4 Å². The minimum atomic E-state index is -0.694. The topological polar surface area (TPSA) is 87.4 Å². The lowest BCUT2D eigenvalue weighted by molar-refractivity contribution is 0.207. The molecule has 1 aromatic carbocycles. The van der Waals surface area contributed by atoms with Crippen molar-refractivity contribution >= 4 is 17.7 Å². The molecule has 0 bridgehead atoms. The van der Waals surface area contributed by atoms with Crippen molar-refractivity contribution in [1.29, 1.82) is 0 Å². The Balaban J connectivity index is 1.42. The van der Waals surface area contributed by atoms with Gasteiger partial charge in [-0.05, 0) is 26.0 Å². The average molecular weight is 414 g/mol. The summed E-state index contributed by atoms with van der Waals surface area (Å²) in [7, 11) is 0. The average Bonchev–Trinajstić information content (AvgIpc) is 3.06. The summed E-state index contributed by atoms with van der Waals surface area (Å²) in [6.07, 6.45) is 3.02. The van der Waals surface area contributed by atoms with Crippen LogP contribution >= 0.6 is 0 Å². The number of halogens is 2.